The first-order valence-corrected chi connectivity index (χ1v) is 8.44. The molecule has 2 rings (SSSR count). The van der Waals surface area contributed by atoms with E-state index in [0.29, 0.717) is 19.1 Å². The number of nitrogens with one attached hydrogen (secondary N) is 1. The Morgan fingerprint density at radius 1 is 1.17 bits per heavy atom. The van der Waals surface area contributed by atoms with Crippen LogP contribution in [-0.4, -0.2) is 48.5 Å². The molecule has 0 spiro atoms. The van der Waals surface area contributed by atoms with Crippen molar-refractivity contribution >= 4 is 18.5 Å². The van der Waals surface area contributed by atoms with Gasteiger partial charge in [-0.3, -0.25) is 0 Å². The van der Waals surface area contributed by atoms with E-state index >= 15 is 0 Å². The number of hydrogen-bond donors (Lipinski definition) is 1. The molecule has 1 N–H and O–H groups in total. The first-order chi connectivity index (χ1) is 11.0. The molecule has 0 bridgehead atoms. The third-order valence-corrected chi connectivity index (χ3v) is 4.62. The molecule has 0 saturated carbocycles. The van der Waals surface area contributed by atoms with Gasteiger partial charge >= 0.3 is 7.12 Å². The van der Waals surface area contributed by atoms with Gasteiger partial charge in [0.15, 0.2) is 0 Å². The van der Waals surface area contributed by atoms with Gasteiger partial charge in [0.25, 0.3) is 0 Å². The van der Waals surface area contributed by atoms with Crippen LogP contribution in [0, 0.1) is 0 Å². The quantitative estimate of drug-likeness (QED) is 0.657. The van der Waals surface area contributed by atoms with Crippen molar-refractivity contribution in [2.75, 3.05) is 25.6 Å². The van der Waals surface area contributed by atoms with Crippen molar-refractivity contribution in [2.24, 2.45) is 0 Å². The van der Waals surface area contributed by atoms with Crippen molar-refractivity contribution in [3.05, 3.63) is 11.9 Å². The summed E-state index contributed by atoms with van der Waals surface area (Å²) in [4.78, 5) is 9.15. The molecule has 24 heavy (non-hydrogen) atoms. The Morgan fingerprint density at radius 2 is 1.75 bits per heavy atom. The molecule has 1 saturated heterocycles. The number of rotatable bonds is 5. The number of nitrogens with zero attached hydrogens (tertiary/aromatic N) is 2. The van der Waals surface area contributed by atoms with Crippen LogP contribution in [-0.2, 0) is 19.5 Å². The third-order valence-electron chi connectivity index (χ3n) is 4.62. The number of hydrogen-bond acceptors (Lipinski definition) is 6. The van der Waals surface area contributed by atoms with Gasteiger partial charge in [-0.15, -0.1) is 0 Å². The number of methoxy groups -OCH3 is 1. The molecule has 1 aliphatic heterocycles. The van der Waals surface area contributed by atoms with E-state index in [1.807, 2.05) is 33.9 Å². The van der Waals surface area contributed by atoms with Gasteiger partial charge in [-0.1, -0.05) is 20.8 Å². The van der Waals surface area contributed by atoms with Gasteiger partial charge in [-0.05, 0) is 27.7 Å². The van der Waals surface area contributed by atoms with E-state index in [-0.39, 0.29) is 16.6 Å². The Kier molecular flexibility index (Phi) is 5.28. The minimum atomic E-state index is -0.461. The lowest BCUT2D eigenvalue weighted by atomic mass is 9.73. The molecule has 1 aromatic heterocycles. The molecular weight excluding hydrogens is 305 g/mol. The minimum Gasteiger partial charge on any atom is -0.399 e. The van der Waals surface area contributed by atoms with Crippen molar-refractivity contribution < 1.29 is 14.0 Å². The van der Waals surface area contributed by atoms with Crippen LogP contribution in [0.5, 0.6) is 0 Å². The summed E-state index contributed by atoms with van der Waals surface area (Å²) in [5, 5.41) is 3.18. The van der Waals surface area contributed by atoms with Crippen LogP contribution < -0.4 is 10.8 Å². The summed E-state index contributed by atoms with van der Waals surface area (Å²) in [6, 6.07) is 0. The van der Waals surface area contributed by atoms with E-state index in [0.717, 1.165) is 11.2 Å². The SMILES string of the molecule is COCCNc1ncc(B2OC(C)(C)C(C)(C)O2)c(C(C)(C)C)n1. The summed E-state index contributed by atoms with van der Waals surface area (Å²) in [7, 11) is 1.21. The largest absolute Gasteiger partial charge is 0.498 e. The topological polar surface area (TPSA) is 65.5 Å². The molecule has 1 aliphatic rings. The highest BCUT2D eigenvalue weighted by Gasteiger charge is 2.53. The smallest absolute Gasteiger partial charge is 0.399 e. The van der Waals surface area contributed by atoms with Crippen molar-refractivity contribution in [2.45, 2.75) is 65.1 Å². The summed E-state index contributed by atoms with van der Waals surface area (Å²) in [5.74, 6) is 0.595. The van der Waals surface area contributed by atoms with E-state index in [1.165, 1.54) is 0 Å². The number of anilines is 1. The fourth-order valence-electron chi connectivity index (χ4n) is 2.48. The van der Waals surface area contributed by atoms with E-state index in [4.69, 9.17) is 19.0 Å². The molecule has 6 nitrogen and oxygen atoms in total. The maximum Gasteiger partial charge on any atom is 0.498 e. The zero-order valence-electron chi connectivity index (χ0n) is 16.2. The second-order valence-electron chi connectivity index (χ2n) is 8.26. The summed E-state index contributed by atoms with van der Waals surface area (Å²) in [5.41, 5.74) is 0.888. The van der Waals surface area contributed by atoms with Crippen molar-refractivity contribution in [3.63, 3.8) is 0 Å². The standard InChI is InChI=1S/C17H30BN3O3/c1-15(2,3)13-12(11-20-14(21-13)19-9-10-22-8)18-23-16(4,5)17(6,7)24-18/h11H,9-10H2,1-8H3,(H,19,20,21). The summed E-state index contributed by atoms with van der Waals surface area (Å²) >= 11 is 0. The zero-order chi connectivity index (χ0) is 18.2. The lowest BCUT2D eigenvalue weighted by Gasteiger charge is -2.32. The maximum absolute atomic E-state index is 6.18. The monoisotopic (exact) mass is 335 g/mol. The van der Waals surface area contributed by atoms with Crippen molar-refractivity contribution in [1.82, 2.24) is 9.97 Å². The lowest BCUT2D eigenvalue weighted by molar-refractivity contribution is 0.00578. The van der Waals surface area contributed by atoms with E-state index in [1.54, 1.807) is 7.11 Å². The first kappa shape index (κ1) is 19.2. The molecule has 0 radical (unpaired) electrons. The molecule has 7 heteroatoms. The summed E-state index contributed by atoms with van der Waals surface area (Å²) in [6.07, 6.45) is 1.81. The Hall–Kier alpha value is -1.18. The highest BCUT2D eigenvalue weighted by atomic mass is 16.7. The molecule has 0 atom stereocenters. The molecule has 0 unspecified atom stereocenters. The third kappa shape index (κ3) is 3.90. The van der Waals surface area contributed by atoms with E-state index in [9.17, 15) is 0 Å². The van der Waals surface area contributed by atoms with Gasteiger partial charge < -0.3 is 19.4 Å². The van der Waals surface area contributed by atoms with Crippen LogP contribution in [0.25, 0.3) is 0 Å². The Bertz CT molecular complexity index is 569. The van der Waals surface area contributed by atoms with Gasteiger partial charge in [0, 0.05) is 30.7 Å². The fourth-order valence-corrected chi connectivity index (χ4v) is 2.48. The molecule has 0 aliphatic carbocycles. The van der Waals surface area contributed by atoms with Gasteiger partial charge in [-0.2, -0.15) is 0 Å². The van der Waals surface area contributed by atoms with Crippen LogP contribution in [0.2, 0.25) is 0 Å². The average molecular weight is 335 g/mol. The van der Waals surface area contributed by atoms with Crippen molar-refractivity contribution in [1.29, 1.82) is 0 Å². The Balaban J connectivity index is 2.33. The lowest BCUT2D eigenvalue weighted by Crippen LogP contribution is -2.41. The van der Waals surface area contributed by atoms with Crippen molar-refractivity contribution in [3.8, 4) is 0 Å². The van der Waals surface area contributed by atoms with Crippen LogP contribution in [0.4, 0.5) is 5.95 Å². The van der Waals surface area contributed by atoms with Gasteiger partial charge in [-0.25, -0.2) is 9.97 Å². The van der Waals surface area contributed by atoms with Crippen LogP contribution >= 0.6 is 0 Å². The highest BCUT2D eigenvalue weighted by molar-refractivity contribution is 6.62. The minimum absolute atomic E-state index is 0.153. The van der Waals surface area contributed by atoms with Gasteiger partial charge in [0.1, 0.15) is 0 Å². The summed E-state index contributed by atoms with van der Waals surface area (Å²) in [6.45, 7) is 15.8. The molecule has 1 fully saturated rings. The van der Waals surface area contributed by atoms with Crippen LogP contribution in [0.3, 0.4) is 0 Å². The second-order valence-corrected chi connectivity index (χ2v) is 8.26. The Morgan fingerprint density at radius 3 is 2.25 bits per heavy atom. The Labute approximate surface area is 145 Å². The normalized spacial score (nSPS) is 19.6. The zero-order valence-corrected chi connectivity index (χ0v) is 16.2. The molecule has 1 aromatic rings. The fraction of sp³-hybridized carbons (Fsp3) is 0.765. The molecular formula is C17H30BN3O3. The van der Waals surface area contributed by atoms with E-state index in [2.05, 4.69) is 31.1 Å². The van der Waals surface area contributed by atoms with Gasteiger partial charge in [0.05, 0.1) is 23.5 Å². The predicted octanol–water partition coefficient (Wildman–Crippen LogP) is 2.13. The average Bonchev–Trinajstić information content (AvgIpc) is 2.66. The summed E-state index contributed by atoms with van der Waals surface area (Å²) < 4.78 is 17.4. The second kappa shape index (κ2) is 6.62. The number of aromatic nitrogens is 2. The molecule has 2 heterocycles. The predicted molar refractivity (Wildman–Crippen MR) is 96.8 cm³/mol. The maximum atomic E-state index is 6.18. The van der Waals surface area contributed by atoms with E-state index < -0.39 is 7.12 Å². The van der Waals surface area contributed by atoms with Crippen LogP contribution in [0.15, 0.2) is 6.20 Å². The van der Waals surface area contributed by atoms with Crippen LogP contribution in [0.1, 0.15) is 54.2 Å². The molecule has 0 aromatic carbocycles. The molecule has 0 amide bonds. The molecule has 134 valence electrons. The number of ether oxygens (including phenoxy) is 1. The first-order valence-electron chi connectivity index (χ1n) is 8.44. The van der Waals surface area contributed by atoms with Gasteiger partial charge in [0.2, 0.25) is 5.95 Å². The highest BCUT2D eigenvalue weighted by Crippen LogP contribution is 2.37.